The van der Waals surface area contributed by atoms with E-state index in [9.17, 15) is 15.3 Å². The summed E-state index contributed by atoms with van der Waals surface area (Å²) in [6.45, 7) is 18.5. The molecule has 0 heterocycles. The van der Waals surface area contributed by atoms with Crippen LogP contribution in [0.4, 0.5) is 0 Å². The third kappa shape index (κ3) is 14.7. The highest BCUT2D eigenvalue weighted by Gasteiger charge is 2.20. The van der Waals surface area contributed by atoms with Gasteiger partial charge in [0.15, 0.2) is 0 Å². The van der Waals surface area contributed by atoms with E-state index in [1.165, 1.54) is 0 Å². The number of rotatable bonds is 3. The molecule has 3 rings (SSSR count). The van der Waals surface area contributed by atoms with E-state index in [0.717, 1.165) is 33.9 Å². The summed E-state index contributed by atoms with van der Waals surface area (Å²) in [5.41, 5.74) is 2.56. The first-order valence-corrected chi connectivity index (χ1v) is 14.8. The maximum absolute atomic E-state index is 9.61. The third-order valence-corrected chi connectivity index (χ3v) is 6.04. The SMILES string of the molecule is COc1ccc(O)c(C(C)(C)C)c1.COc1ccc(O)c(C(C)(C)C)c1.COc1ccc(O)c(C(C)(C)C)c1.OP(O)O. The third-order valence-electron chi connectivity index (χ3n) is 6.04. The molecule has 10 heteroatoms. The highest BCUT2D eigenvalue weighted by atomic mass is 31.2. The van der Waals surface area contributed by atoms with Crippen molar-refractivity contribution in [1.29, 1.82) is 0 Å². The molecule has 0 saturated heterocycles. The van der Waals surface area contributed by atoms with Crippen LogP contribution >= 0.6 is 8.60 Å². The number of benzene rings is 3. The Hall–Kier alpha value is -3.23. The molecule has 9 nitrogen and oxygen atoms in total. The molecule has 0 saturated carbocycles. The van der Waals surface area contributed by atoms with Gasteiger partial charge in [0.1, 0.15) is 34.5 Å². The molecule has 0 spiro atoms. The zero-order valence-corrected chi connectivity index (χ0v) is 28.4. The van der Waals surface area contributed by atoms with Crippen molar-refractivity contribution in [3.63, 3.8) is 0 Å². The van der Waals surface area contributed by atoms with Crippen LogP contribution in [0.5, 0.6) is 34.5 Å². The highest BCUT2D eigenvalue weighted by molar-refractivity contribution is 7.38. The molecule has 0 bridgehead atoms. The Kier molecular flexibility index (Phi) is 15.9. The van der Waals surface area contributed by atoms with Gasteiger partial charge in [-0.3, -0.25) is 0 Å². The lowest BCUT2D eigenvalue weighted by atomic mass is 9.86. The predicted molar refractivity (Wildman–Crippen MR) is 174 cm³/mol. The molecular weight excluding hydrogens is 571 g/mol. The molecule has 0 radical (unpaired) electrons. The van der Waals surface area contributed by atoms with Crippen LogP contribution < -0.4 is 14.2 Å². The number of phenolic OH excluding ortho intramolecular Hbond substituents is 3. The molecule has 0 atom stereocenters. The Morgan fingerprint density at radius 1 is 0.442 bits per heavy atom. The summed E-state index contributed by atoms with van der Waals surface area (Å²) in [6.07, 6.45) is 0. The number of methoxy groups -OCH3 is 3. The molecule has 43 heavy (non-hydrogen) atoms. The second-order valence-corrected chi connectivity index (χ2v) is 13.2. The fraction of sp³-hybridized carbons (Fsp3) is 0.455. The second kappa shape index (κ2) is 17.2. The monoisotopic (exact) mass is 622 g/mol. The minimum atomic E-state index is -2.62. The number of ether oxygens (including phenoxy) is 3. The topological polar surface area (TPSA) is 149 Å². The first kappa shape index (κ1) is 39.8. The van der Waals surface area contributed by atoms with Gasteiger partial charge in [-0.1, -0.05) is 62.3 Å². The lowest BCUT2D eigenvalue weighted by Gasteiger charge is -2.20. The van der Waals surface area contributed by atoms with E-state index < -0.39 is 8.60 Å². The van der Waals surface area contributed by atoms with Crippen molar-refractivity contribution in [2.24, 2.45) is 0 Å². The van der Waals surface area contributed by atoms with E-state index in [1.807, 2.05) is 18.2 Å². The van der Waals surface area contributed by atoms with Crippen LogP contribution in [0, 0.1) is 0 Å². The Balaban J connectivity index is 0.000000578. The van der Waals surface area contributed by atoms with Crippen LogP contribution in [-0.2, 0) is 16.2 Å². The van der Waals surface area contributed by atoms with Crippen molar-refractivity contribution in [2.75, 3.05) is 21.3 Å². The first-order chi connectivity index (χ1) is 19.6. The molecule has 0 unspecified atom stereocenters. The molecule has 0 aliphatic carbocycles. The number of hydrogen-bond acceptors (Lipinski definition) is 9. The maximum Gasteiger partial charge on any atom is 0.324 e. The molecule has 6 N–H and O–H groups in total. The number of phenols is 3. The fourth-order valence-electron chi connectivity index (χ4n) is 3.73. The molecule has 242 valence electrons. The Bertz CT molecular complexity index is 1100. The number of hydrogen-bond donors (Lipinski definition) is 6. The summed E-state index contributed by atoms with van der Waals surface area (Å²) in [7, 11) is 2.25. The van der Waals surface area contributed by atoms with Crippen LogP contribution in [0.1, 0.15) is 79.0 Å². The molecule has 0 fully saturated rings. The van der Waals surface area contributed by atoms with Gasteiger partial charge in [-0.15, -0.1) is 0 Å². The quantitative estimate of drug-likeness (QED) is 0.166. The molecule has 3 aromatic rings. The van der Waals surface area contributed by atoms with Gasteiger partial charge in [0, 0.05) is 16.7 Å². The van der Waals surface area contributed by atoms with Crippen LogP contribution in [0.25, 0.3) is 0 Å². The molecular formula is C33H51O9P. The van der Waals surface area contributed by atoms with Crippen LogP contribution in [0.2, 0.25) is 0 Å². The lowest BCUT2D eigenvalue weighted by molar-refractivity contribution is 0.368. The van der Waals surface area contributed by atoms with Gasteiger partial charge in [-0.25, -0.2) is 0 Å². The smallest absolute Gasteiger partial charge is 0.324 e. The summed E-state index contributed by atoms with van der Waals surface area (Å²) in [5.74, 6) is 3.32. The molecule has 3 aromatic carbocycles. The highest BCUT2D eigenvalue weighted by Crippen LogP contribution is 2.35. The van der Waals surface area contributed by atoms with Crippen molar-refractivity contribution in [3.05, 3.63) is 71.3 Å². The van der Waals surface area contributed by atoms with E-state index in [4.69, 9.17) is 28.9 Å². The average Bonchev–Trinajstić information content (AvgIpc) is 2.88. The maximum atomic E-state index is 9.61. The Labute approximate surface area is 258 Å². The predicted octanol–water partition coefficient (Wildman–Crippen LogP) is 7.29. The van der Waals surface area contributed by atoms with Gasteiger partial charge in [-0.2, -0.15) is 0 Å². The minimum absolute atomic E-state index is 0.0569. The van der Waals surface area contributed by atoms with Gasteiger partial charge >= 0.3 is 8.60 Å². The Morgan fingerprint density at radius 3 is 0.767 bits per heavy atom. The van der Waals surface area contributed by atoms with Gasteiger partial charge in [0.2, 0.25) is 0 Å². The zero-order chi connectivity index (χ0) is 33.8. The van der Waals surface area contributed by atoms with Crippen molar-refractivity contribution < 1.29 is 44.2 Å². The summed E-state index contributed by atoms with van der Waals surface area (Å²) < 4.78 is 15.3. The van der Waals surface area contributed by atoms with E-state index in [-0.39, 0.29) is 16.2 Å². The minimum Gasteiger partial charge on any atom is -0.508 e. The summed E-state index contributed by atoms with van der Waals surface area (Å²) in [5, 5.41) is 28.8. The average molecular weight is 623 g/mol. The van der Waals surface area contributed by atoms with Gasteiger partial charge < -0.3 is 44.2 Å². The molecule has 0 aliphatic heterocycles. The van der Waals surface area contributed by atoms with Crippen molar-refractivity contribution in [1.82, 2.24) is 0 Å². The van der Waals surface area contributed by atoms with Crippen LogP contribution in [-0.4, -0.2) is 51.3 Å². The lowest BCUT2D eigenvalue weighted by Crippen LogP contribution is -2.11. The molecule has 0 aliphatic rings. The zero-order valence-electron chi connectivity index (χ0n) is 27.6. The van der Waals surface area contributed by atoms with E-state index >= 15 is 0 Å². The van der Waals surface area contributed by atoms with Crippen molar-refractivity contribution >= 4 is 8.60 Å². The second-order valence-electron chi connectivity index (χ2n) is 12.7. The van der Waals surface area contributed by atoms with E-state index in [1.54, 1.807) is 57.7 Å². The van der Waals surface area contributed by atoms with E-state index in [0.29, 0.717) is 17.2 Å². The summed E-state index contributed by atoms with van der Waals surface area (Å²) in [6, 6.07) is 15.9. The van der Waals surface area contributed by atoms with E-state index in [2.05, 4.69) is 62.3 Å². The van der Waals surface area contributed by atoms with Gasteiger partial charge in [0.25, 0.3) is 0 Å². The number of aromatic hydroxyl groups is 3. The van der Waals surface area contributed by atoms with Crippen LogP contribution in [0.3, 0.4) is 0 Å². The normalized spacial score (nSPS) is 11.2. The largest absolute Gasteiger partial charge is 0.508 e. The van der Waals surface area contributed by atoms with Gasteiger partial charge in [-0.05, 0) is 70.8 Å². The Morgan fingerprint density at radius 2 is 0.628 bits per heavy atom. The summed E-state index contributed by atoms with van der Waals surface area (Å²) >= 11 is 0. The molecule has 0 amide bonds. The standard InChI is InChI=1S/3C11H16O2.H3O3P/c3*1-11(2,3)9-7-8(13-4)5-6-10(9)12;1-4(2)3/h3*5-7,12H,1-4H3;1-3H. The summed E-state index contributed by atoms with van der Waals surface area (Å²) in [4.78, 5) is 21.7. The first-order valence-electron chi connectivity index (χ1n) is 13.6. The molecule has 0 aromatic heterocycles. The van der Waals surface area contributed by atoms with Crippen LogP contribution in [0.15, 0.2) is 54.6 Å². The fourth-order valence-corrected chi connectivity index (χ4v) is 3.73. The van der Waals surface area contributed by atoms with Gasteiger partial charge in [0.05, 0.1) is 21.3 Å². The van der Waals surface area contributed by atoms with Crippen molar-refractivity contribution in [2.45, 2.75) is 78.6 Å². The van der Waals surface area contributed by atoms with Crippen molar-refractivity contribution in [3.8, 4) is 34.5 Å².